The normalized spacial score (nSPS) is 17.7. The van der Waals surface area contributed by atoms with Crippen molar-refractivity contribution < 1.29 is 8.42 Å². The monoisotopic (exact) mass is 372 g/mol. The first kappa shape index (κ1) is 17.9. The van der Waals surface area contributed by atoms with E-state index in [-0.39, 0.29) is 4.90 Å². The van der Waals surface area contributed by atoms with Gasteiger partial charge < -0.3 is 0 Å². The zero-order valence-electron chi connectivity index (χ0n) is 14.9. The number of hydrazone groups is 1. The van der Waals surface area contributed by atoms with Gasteiger partial charge in [0.15, 0.2) is 0 Å². The van der Waals surface area contributed by atoms with Crippen LogP contribution in [0.4, 0.5) is 0 Å². The average molecular weight is 373 g/mol. The molecule has 2 aromatic carbocycles. The fourth-order valence-corrected chi connectivity index (χ4v) is 6.97. The summed E-state index contributed by atoms with van der Waals surface area (Å²) in [7, 11) is -5.12. The van der Waals surface area contributed by atoms with E-state index in [1.165, 1.54) is 5.19 Å². The van der Waals surface area contributed by atoms with Crippen molar-refractivity contribution in [2.75, 3.05) is 0 Å². The summed E-state index contributed by atoms with van der Waals surface area (Å²) < 4.78 is 24.6. The van der Waals surface area contributed by atoms with Crippen LogP contribution in [-0.4, -0.2) is 22.2 Å². The molecule has 1 aliphatic carbocycles. The molecule has 132 valence electrons. The van der Waals surface area contributed by atoms with Crippen LogP contribution in [0.25, 0.3) is 0 Å². The minimum atomic E-state index is -3.58. The van der Waals surface area contributed by atoms with Crippen LogP contribution < -0.4 is 10.0 Å². The van der Waals surface area contributed by atoms with Crippen molar-refractivity contribution in [1.29, 1.82) is 0 Å². The molecule has 0 atom stereocenters. The van der Waals surface area contributed by atoms with E-state index in [2.05, 4.69) is 47.3 Å². The highest BCUT2D eigenvalue weighted by Gasteiger charge is 2.40. The van der Waals surface area contributed by atoms with Gasteiger partial charge in [-0.2, -0.15) is 13.5 Å². The van der Waals surface area contributed by atoms with Crippen molar-refractivity contribution in [2.45, 2.75) is 43.3 Å². The van der Waals surface area contributed by atoms with Crippen LogP contribution in [0.15, 0.2) is 64.6 Å². The van der Waals surface area contributed by atoms with Crippen LogP contribution in [0.3, 0.4) is 0 Å². The molecule has 0 unspecified atom stereocenters. The summed E-state index contributed by atoms with van der Waals surface area (Å²) in [6.07, 6.45) is 1.76. The largest absolute Gasteiger partial charge is 0.276 e. The van der Waals surface area contributed by atoms with Gasteiger partial charge in [0.05, 0.1) is 13.0 Å². The number of benzene rings is 2. The third kappa shape index (κ3) is 3.85. The highest BCUT2D eigenvalue weighted by atomic mass is 32.2. The molecular formula is C19H24N2O2SSi. The third-order valence-corrected chi connectivity index (χ3v) is 10.7. The average Bonchev–Trinajstić information content (AvgIpc) is 2.54. The summed E-state index contributed by atoms with van der Waals surface area (Å²) in [6.45, 7) is 6.68. The molecule has 1 N–H and O–H groups in total. The Hall–Kier alpha value is -1.92. The van der Waals surface area contributed by atoms with E-state index in [0.29, 0.717) is 5.54 Å². The maximum Gasteiger partial charge on any atom is 0.276 e. The lowest BCUT2D eigenvalue weighted by molar-refractivity contribution is 0.583. The summed E-state index contributed by atoms with van der Waals surface area (Å²) in [5.41, 5.74) is 2.58. The Morgan fingerprint density at radius 3 is 2.20 bits per heavy atom. The Kier molecular flexibility index (Phi) is 4.84. The second-order valence-corrected chi connectivity index (χ2v) is 13.8. The molecule has 0 aromatic heterocycles. The van der Waals surface area contributed by atoms with E-state index in [1.54, 1.807) is 24.3 Å². The van der Waals surface area contributed by atoms with Gasteiger partial charge in [-0.1, -0.05) is 66.3 Å². The zero-order valence-corrected chi connectivity index (χ0v) is 16.7. The van der Waals surface area contributed by atoms with Crippen molar-refractivity contribution in [3.8, 4) is 0 Å². The fraction of sp³-hybridized carbons (Fsp3) is 0.316. The van der Waals surface area contributed by atoms with Crippen molar-refractivity contribution in [3.63, 3.8) is 0 Å². The molecular weight excluding hydrogens is 348 g/mol. The van der Waals surface area contributed by atoms with Gasteiger partial charge >= 0.3 is 0 Å². The van der Waals surface area contributed by atoms with Gasteiger partial charge in [0.1, 0.15) is 0 Å². The summed E-state index contributed by atoms with van der Waals surface area (Å²) in [6, 6.07) is 17.4. The molecule has 4 nitrogen and oxygen atoms in total. The first-order valence-electron chi connectivity index (χ1n) is 8.48. The van der Waals surface area contributed by atoms with Crippen molar-refractivity contribution in [3.05, 3.63) is 60.2 Å². The van der Waals surface area contributed by atoms with E-state index in [0.717, 1.165) is 24.1 Å². The maximum atomic E-state index is 12.3. The number of hydrogen-bond acceptors (Lipinski definition) is 3. The minimum absolute atomic E-state index is 0.248. The Balaban J connectivity index is 1.63. The van der Waals surface area contributed by atoms with Gasteiger partial charge in [0.2, 0.25) is 0 Å². The molecule has 25 heavy (non-hydrogen) atoms. The first-order valence-corrected chi connectivity index (χ1v) is 13.0. The number of sulfonamides is 1. The highest BCUT2D eigenvalue weighted by molar-refractivity contribution is 7.89. The van der Waals surface area contributed by atoms with E-state index in [4.69, 9.17) is 0 Å². The van der Waals surface area contributed by atoms with Gasteiger partial charge in [0.25, 0.3) is 10.0 Å². The number of rotatable bonds is 5. The second-order valence-electron chi connectivity index (χ2n) is 7.28. The Morgan fingerprint density at radius 1 is 1.00 bits per heavy atom. The highest BCUT2D eigenvalue weighted by Crippen LogP contribution is 2.39. The molecule has 1 aliphatic rings. The standard InChI is InChI=1S/C19H24N2O2SSi/c1-15-9-11-17(12-10-15)24(22,23)21-20-16-13-19(14-16)25(2,3)18-7-5-4-6-8-18/h4-12,19,21H,13-14H2,1-3H3. The Labute approximate surface area is 151 Å². The first-order chi connectivity index (χ1) is 11.8. The topological polar surface area (TPSA) is 58.5 Å². The van der Waals surface area contributed by atoms with E-state index in [1.807, 2.05) is 13.0 Å². The van der Waals surface area contributed by atoms with E-state index >= 15 is 0 Å². The van der Waals surface area contributed by atoms with Gasteiger partial charge in [-0.25, -0.2) is 4.83 Å². The Bertz CT molecular complexity index is 867. The van der Waals surface area contributed by atoms with Crippen LogP contribution >= 0.6 is 0 Å². The quantitative estimate of drug-likeness (QED) is 0.646. The summed E-state index contributed by atoms with van der Waals surface area (Å²) in [4.78, 5) is 2.63. The maximum absolute atomic E-state index is 12.3. The van der Waals surface area contributed by atoms with Gasteiger partial charge in [-0.3, -0.25) is 0 Å². The summed E-state index contributed by atoms with van der Waals surface area (Å²) in [5.74, 6) is 0. The number of aryl methyl sites for hydroxylation is 1. The van der Waals surface area contributed by atoms with Crippen LogP contribution in [-0.2, 0) is 10.0 Å². The SMILES string of the molecule is Cc1ccc(S(=O)(=O)NN=C2CC([Si](C)(C)c3ccccc3)C2)cc1. The number of hydrogen-bond donors (Lipinski definition) is 1. The molecule has 1 fully saturated rings. The lowest BCUT2D eigenvalue weighted by atomic mass is 9.96. The van der Waals surface area contributed by atoms with Gasteiger partial charge in [-0.15, -0.1) is 0 Å². The van der Waals surface area contributed by atoms with Crippen LogP contribution in [0.2, 0.25) is 18.6 Å². The molecule has 0 spiro atoms. The fourth-order valence-electron chi connectivity index (χ4n) is 3.11. The lowest BCUT2D eigenvalue weighted by Crippen LogP contribution is -2.50. The predicted octanol–water partition coefficient (Wildman–Crippen LogP) is 3.41. The molecule has 0 heterocycles. The molecule has 0 saturated heterocycles. The van der Waals surface area contributed by atoms with E-state index < -0.39 is 18.1 Å². The second kappa shape index (κ2) is 6.76. The van der Waals surface area contributed by atoms with Gasteiger partial charge in [-0.05, 0) is 37.4 Å². The molecule has 6 heteroatoms. The molecule has 0 aliphatic heterocycles. The molecule has 0 amide bonds. The number of nitrogens with one attached hydrogen (secondary N) is 1. The van der Waals surface area contributed by atoms with Crippen LogP contribution in [0.1, 0.15) is 18.4 Å². The summed E-state index contributed by atoms with van der Waals surface area (Å²) >= 11 is 0. The van der Waals surface area contributed by atoms with Gasteiger partial charge in [0, 0.05) is 5.71 Å². The molecule has 2 aromatic rings. The molecule has 3 rings (SSSR count). The molecule has 0 radical (unpaired) electrons. The summed E-state index contributed by atoms with van der Waals surface area (Å²) in [5, 5.41) is 5.60. The van der Waals surface area contributed by atoms with Crippen molar-refractivity contribution in [2.24, 2.45) is 5.10 Å². The smallest absolute Gasteiger partial charge is 0.200 e. The van der Waals surface area contributed by atoms with Crippen LogP contribution in [0, 0.1) is 6.92 Å². The van der Waals surface area contributed by atoms with Crippen molar-refractivity contribution >= 4 is 29.0 Å². The lowest BCUT2D eigenvalue weighted by Gasteiger charge is -2.40. The molecule has 0 bridgehead atoms. The number of nitrogens with zero attached hydrogens (tertiary/aromatic N) is 1. The zero-order chi connectivity index (χ0) is 18.1. The van der Waals surface area contributed by atoms with Crippen LogP contribution in [0.5, 0.6) is 0 Å². The van der Waals surface area contributed by atoms with E-state index in [9.17, 15) is 8.42 Å². The Morgan fingerprint density at radius 2 is 1.60 bits per heavy atom. The van der Waals surface area contributed by atoms with Crippen molar-refractivity contribution in [1.82, 2.24) is 4.83 Å². The molecule has 1 saturated carbocycles. The minimum Gasteiger partial charge on any atom is -0.200 e. The predicted molar refractivity (Wildman–Crippen MR) is 105 cm³/mol. The third-order valence-electron chi connectivity index (χ3n) is 5.16.